The molecule has 1 aliphatic heterocycles. The lowest BCUT2D eigenvalue weighted by Gasteiger charge is -2.35. The number of benzene rings is 2. The van der Waals surface area contributed by atoms with Crippen molar-refractivity contribution < 1.29 is 9.72 Å². The summed E-state index contributed by atoms with van der Waals surface area (Å²) in [6.45, 7) is 2.06. The molecule has 0 N–H and O–H groups in total. The van der Waals surface area contributed by atoms with E-state index in [1.54, 1.807) is 40.2 Å². The van der Waals surface area contributed by atoms with E-state index in [9.17, 15) is 14.9 Å². The lowest BCUT2D eigenvalue weighted by Crippen LogP contribution is -2.49. The maximum absolute atomic E-state index is 13.0. The number of carbonyl (C=O) groups excluding carboxylic acids is 1. The third kappa shape index (κ3) is 3.32. The average Bonchev–Trinajstić information content (AvgIpc) is 3.24. The number of anilines is 1. The van der Waals surface area contributed by atoms with Crippen LogP contribution in [0.5, 0.6) is 0 Å². The molecule has 4 rings (SSSR count). The zero-order chi connectivity index (χ0) is 19.5. The number of piperazine rings is 1. The van der Waals surface area contributed by atoms with Gasteiger partial charge in [-0.3, -0.25) is 19.5 Å². The van der Waals surface area contributed by atoms with Gasteiger partial charge in [0.25, 0.3) is 11.6 Å². The molecule has 0 atom stereocenters. The molecule has 142 valence electrons. The molecule has 0 bridgehead atoms. The van der Waals surface area contributed by atoms with E-state index in [1.165, 1.54) is 6.07 Å². The monoisotopic (exact) mass is 377 g/mol. The van der Waals surface area contributed by atoms with Crippen LogP contribution in [0.25, 0.3) is 5.69 Å². The highest BCUT2D eigenvalue weighted by molar-refractivity contribution is 5.93. The molecule has 2 aromatic carbocycles. The number of amides is 1. The van der Waals surface area contributed by atoms with E-state index in [0.29, 0.717) is 37.6 Å². The van der Waals surface area contributed by atoms with Crippen LogP contribution in [0, 0.1) is 10.1 Å². The van der Waals surface area contributed by atoms with Crippen LogP contribution >= 0.6 is 0 Å². The van der Waals surface area contributed by atoms with Crippen molar-refractivity contribution in [3.8, 4) is 5.69 Å². The fraction of sp³-hybridized carbons (Fsp3) is 0.200. The maximum Gasteiger partial charge on any atom is 0.292 e. The maximum atomic E-state index is 13.0. The third-order valence-corrected chi connectivity index (χ3v) is 4.88. The first-order valence-electron chi connectivity index (χ1n) is 9.00. The second kappa shape index (κ2) is 7.51. The number of aromatic nitrogens is 2. The Morgan fingerprint density at radius 1 is 0.964 bits per heavy atom. The zero-order valence-corrected chi connectivity index (χ0v) is 15.1. The minimum absolute atomic E-state index is 0.0874. The summed E-state index contributed by atoms with van der Waals surface area (Å²) in [5.41, 5.74) is 2.06. The van der Waals surface area contributed by atoms with Crippen LogP contribution in [0.3, 0.4) is 0 Å². The highest BCUT2D eigenvalue weighted by Crippen LogP contribution is 2.28. The van der Waals surface area contributed by atoms with Crippen LogP contribution < -0.4 is 4.90 Å². The fourth-order valence-corrected chi connectivity index (χ4v) is 3.45. The Morgan fingerprint density at radius 2 is 1.64 bits per heavy atom. The molecule has 0 aliphatic carbocycles. The second-order valence-electron chi connectivity index (χ2n) is 6.51. The first-order valence-corrected chi connectivity index (χ1v) is 9.00. The van der Waals surface area contributed by atoms with Gasteiger partial charge >= 0.3 is 0 Å². The third-order valence-electron chi connectivity index (χ3n) is 4.88. The van der Waals surface area contributed by atoms with Gasteiger partial charge in [0.2, 0.25) is 0 Å². The Morgan fingerprint density at radius 3 is 2.36 bits per heavy atom. The van der Waals surface area contributed by atoms with E-state index < -0.39 is 0 Å². The number of imidazole rings is 1. The van der Waals surface area contributed by atoms with Crippen molar-refractivity contribution >= 4 is 17.3 Å². The predicted molar refractivity (Wildman–Crippen MR) is 105 cm³/mol. The van der Waals surface area contributed by atoms with Gasteiger partial charge in [-0.1, -0.05) is 30.3 Å². The van der Waals surface area contributed by atoms with Crippen LogP contribution in [-0.2, 0) is 0 Å². The summed E-state index contributed by atoms with van der Waals surface area (Å²) >= 11 is 0. The number of nitro benzene ring substituents is 1. The van der Waals surface area contributed by atoms with Gasteiger partial charge in [-0.15, -0.1) is 0 Å². The normalized spacial score (nSPS) is 14.1. The number of nitrogens with zero attached hydrogens (tertiary/aromatic N) is 5. The fourth-order valence-electron chi connectivity index (χ4n) is 3.45. The van der Waals surface area contributed by atoms with Crippen molar-refractivity contribution in [2.24, 2.45) is 0 Å². The molecular formula is C20H19N5O3. The van der Waals surface area contributed by atoms with E-state index >= 15 is 0 Å². The van der Waals surface area contributed by atoms with E-state index in [-0.39, 0.29) is 16.5 Å². The molecular weight excluding hydrogens is 358 g/mol. The van der Waals surface area contributed by atoms with Crippen LogP contribution in [0.15, 0.2) is 67.1 Å². The summed E-state index contributed by atoms with van der Waals surface area (Å²) in [7, 11) is 0. The molecule has 28 heavy (non-hydrogen) atoms. The van der Waals surface area contributed by atoms with Crippen molar-refractivity contribution in [2.75, 3.05) is 31.1 Å². The summed E-state index contributed by atoms with van der Waals surface area (Å²) in [5, 5.41) is 11.3. The van der Waals surface area contributed by atoms with Gasteiger partial charge in [0.05, 0.1) is 17.4 Å². The van der Waals surface area contributed by atoms with Crippen LogP contribution in [0.1, 0.15) is 10.5 Å². The van der Waals surface area contributed by atoms with Crippen molar-refractivity contribution in [2.45, 2.75) is 0 Å². The summed E-state index contributed by atoms with van der Waals surface area (Å²) < 4.78 is 1.77. The number of carbonyl (C=O) groups is 1. The lowest BCUT2D eigenvalue weighted by molar-refractivity contribution is -0.384. The lowest BCUT2D eigenvalue weighted by atomic mass is 10.2. The highest BCUT2D eigenvalue weighted by atomic mass is 16.6. The second-order valence-corrected chi connectivity index (χ2v) is 6.51. The molecule has 1 fully saturated rings. The van der Waals surface area contributed by atoms with Crippen LogP contribution in [-0.4, -0.2) is 51.5 Å². The molecule has 1 saturated heterocycles. The Labute approximate surface area is 161 Å². The van der Waals surface area contributed by atoms with Gasteiger partial charge in [-0.2, -0.15) is 0 Å². The van der Waals surface area contributed by atoms with Gasteiger partial charge in [-0.25, -0.2) is 4.98 Å². The highest BCUT2D eigenvalue weighted by Gasteiger charge is 2.27. The Balaban J connectivity index is 1.49. The largest absolute Gasteiger partial charge is 0.362 e. The summed E-state index contributed by atoms with van der Waals surface area (Å²) in [4.78, 5) is 31.8. The van der Waals surface area contributed by atoms with Crippen LogP contribution in [0.4, 0.5) is 11.4 Å². The zero-order valence-electron chi connectivity index (χ0n) is 15.1. The molecule has 1 aliphatic rings. The summed E-state index contributed by atoms with van der Waals surface area (Å²) in [5.74, 6) is -0.0939. The number of rotatable bonds is 4. The van der Waals surface area contributed by atoms with Crippen molar-refractivity contribution in [3.63, 3.8) is 0 Å². The first-order chi connectivity index (χ1) is 13.6. The molecule has 0 radical (unpaired) electrons. The van der Waals surface area contributed by atoms with Crippen molar-refractivity contribution in [1.82, 2.24) is 14.5 Å². The number of para-hydroxylation sites is 3. The molecule has 8 heteroatoms. The van der Waals surface area contributed by atoms with Gasteiger partial charge in [0.15, 0.2) is 0 Å². The van der Waals surface area contributed by atoms with Crippen molar-refractivity contribution in [3.05, 3.63) is 82.9 Å². The smallest absolute Gasteiger partial charge is 0.292 e. The average molecular weight is 377 g/mol. The predicted octanol–water partition coefficient (Wildman–Crippen LogP) is 2.74. The summed E-state index contributed by atoms with van der Waals surface area (Å²) in [6.07, 6.45) is 3.20. The van der Waals surface area contributed by atoms with E-state index in [1.807, 2.05) is 35.2 Å². The topological polar surface area (TPSA) is 84.5 Å². The number of nitro groups is 1. The molecule has 0 saturated carbocycles. The summed E-state index contributed by atoms with van der Waals surface area (Å²) in [6, 6.07) is 16.3. The minimum Gasteiger partial charge on any atom is -0.362 e. The van der Waals surface area contributed by atoms with Gasteiger partial charge in [0.1, 0.15) is 11.4 Å². The Hall–Kier alpha value is -3.68. The Bertz CT molecular complexity index is 994. The standard InChI is InChI=1S/C20H19N5O3/c26-20(19-14-21-15-24(19)16-6-2-1-3-7-16)23-12-10-22(11-13-23)17-8-4-5-9-18(17)25(27)28/h1-9,14-15H,10-13H2. The van der Waals surface area contributed by atoms with Gasteiger partial charge in [0, 0.05) is 37.9 Å². The van der Waals surface area contributed by atoms with E-state index in [4.69, 9.17) is 0 Å². The SMILES string of the molecule is O=C(c1cncn1-c1ccccc1)N1CCN(c2ccccc2[N+](=O)[O-])CC1. The Kier molecular flexibility index (Phi) is 4.76. The van der Waals surface area contributed by atoms with Gasteiger partial charge in [-0.05, 0) is 18.2 Å². The molecule has 3 aromatic rings. The molecule has 0 unspecified atom stereocenters. The minimum atomic E-state index is -0.370. The van der Waals surface area contributed by atoms with E-state index in [0.717, 1.165) is 5.69 Å². The molecule has 2 heterocycles. The molecule has 8 nitrogen and oxygen atoms in total. The quantitative estimate of drug-likeness (QED) is 0.516. The molecule has 0 spiro atoms. The van der Waals surface area contributed by atoms with Gasteiger partial charge < -0.3 is 9.80 Å². The van der Waals surface area contributed by atoms with Crippen molar-refractivity contribution in [1.29, 1.82) is 0 Å². The molecule has 1 aromatic heterocycles. The first kappa shape index (κ1) is 17.7. The number of hydrogen-bond acceptors (Lipinski definition) is 5. The van der Waals surface area contributed by atoms with E-state index in [2.05, 4.69) is 4.98 Å². The molecule has 1 amide bonds. The van der Waals surface area contributed by atoms with Crippen LogP contribution in [0.2, 0.25) is 0 Å². The number of hydrogen-bond donors (Lipinski definition) is 0.